The third-order valence-corrected chi connectivity index (χ3v) is 5.90. The Morgan fingerprint density at radius 3 is 2.46 bits per heavy atom. The van der Waals surface area contributed by atoms with E-state index in [0.717, 1.165) is 39.3 Å². The van der Waals surface area contributed by atoms with Crippen molar-refractivity contribution in [3.8, 4) is 11.4 Å². The van der Waals surface area contributed by atoms with Crippen LogP contribution in [0, 0.1) is 13.8 Å². The minimum atomic E-state index is -0.314. The fourth-order valence-electron chi connectivity index (χ4n) is 3.56. The van der Waals surface area contributed by atoms with Crippen molar-refractivity contribution >= 4 is 17.3 Å². The summed E-state index contributed by atoms with van der Waals surface area (Å²) in [4.78, 5) is 17.9. The van der Waals surface area contributed by atoms with Crippen LogP contribution in [0.25, 0.3) is 5.69 Å². The molecule has 9 heteroatoms. The number of hydrogen-bond donors (Lipinski definition) is 0. The van der Waals surface area contributed by atoms with E-state index in [1.165, 1.54) is 9.36 Å². The van der Waals surface area contributed by atoms with Crippen LogP contribution in [-0.2, 0) is 25.1 Å². The average Bonchev–Trinajstić information content (AvgIpc) is 3.18. The van der Waals surface area contributed by atoms with Gasteiger partial charge in [-0.15, -0.1) is 0 Å². The van der Waals surface area contributed by atoms with Crippen molar-refractivity contribution in [1.82, 2.24) is 19.8 Å². The molecule has 0 bridgehead atoms. The first kappa shape index (κ1) is 24.2. The van der Waals surface area contributed by atoms with E-state index >= 15 is 0 Å². The lowest BCUT2D eigenvalue weighted by atomic mass is 10.1. The van der Waals surface area contributed by atoms with Gasteiger partial charge in [-0.2, -0.15) is 9.36 Å². The van der Waals surface area contributed by atoms with Gasteiger partial charge in [0, 0.05) is 17.6 Å². The van der Waals surface area contributed by atoms with Crippen LogP contribution in [0.2, 0.25) is 5.02 Å². The molecule has 0 radical (unpaired) electrons. The third-order valence-electron chi connectivity index (χ3n) is 5.65. The molecule has 0 N–H and O–H groups in total. The van der Waals surface area contributed by atoms with Crippen LogP contribution in [0.15, 0.2) is 70.6 Å². The Morgan fingerprint density at radius 2 is 1.77 bits per heavy atom. The van der Waals surface area contributed by atoms with Crippen molar-refractivity contribution in [2.75, 3.05) is 0 Å². The summed E-state index contributed by atoms with van der Waals surface area (Å²) >= 11 is 5.91. The molecule has 3 aromatic carbocycles. The standard InChI is InChI=1S/C26H26ClN5O3/c1-17-6-5-7-24(32-26(33)31(4)29-30-32)23(17)16-34-25-13-10-21(14-18(25)2)19(3)28-35-15-20-8-11-22(27)12-9-20/h5-14H,15-16H2,1-4H3. The van der Waals surface area contributed by atoms with Crippen LogP contribution in [-0.4, -0.2) is 25.5 Å². The fourth-order valence-corrected chi connectivity index (χ4v) is 3.69. The van der Waals surface area contributed by atoms with Crippen LogP contribution in [0.3, 0.4) is 0 Å². The molecule has 0 fully saturated rings. The Morgan fingerprint density at radius 1 is 1.00 bits per heavy atom. The third kappa shape index (κ3) is 5.60. The van der Waals surface area contributed by atoms with E-state index in [4.69, 9.17) is 21.2 Å². The molecule has 0 atom stereocenters. The smallest absolute Gasteiger partial charge is 0.368 e. The van der Waals surface area contributed by atoms with E-state index in [0.29, 0.717) is 17.3 Å². The van der Waals surface area contributed by atoms with Crippen molar-refractivity contribution < 1.29 is 9.57 Å². The molecule has 0 spiro atoms. The maximum absolute atomic E-state index is 12.4. The Balaban J connectivity index is 1.46. The van der Waals surface area contributed by atoms with Crippen LogP contribution in [0.5, 0.6) is 5.75 Å². The maximum Gasteiger partial charge on any atom is 0.368 e. The van der Waals surface area contributed by atoms with Crippen molar-refractivity contribution in [3.63, 3.8) is 0 Å². The van der Waals surface area contributed by atoms with Gasteiger partial charge >= 0.3 is 5.69 Å². The molecule has 0 aliphatic carbocycles. The molecule has 0 unspecified atom stereocenters. The highest BCUT2D eigenvalue weighted by Crippen LogP contribution is 2.24. The van der Waals surface area contributed by atoms with Crippen molar-refractivity contribution in [2.24, 2.45) is 12.2 Å². The second kappa shape index (κ2) is 10.6. The summed E-state index contributed by atoms with van der Waals surface area (Å²) in [5, 5.41) is 12.7. The minimum absolute atomic E-state index is 0.280. The van der Waals surface area contributed by atoms with Gasteiger partial charge in [0.15, 0.2) is 0 Å². The van der Waals surface area contributed by atoms with E-state index in [1.54, 1.807) is 7.05 Å². The molecule has 0 aliphatic rings. The molecule has 4 aromatic rings. The topological polar surface area (TPSA) is 83.5 Å². The van der Waals surface area contributed by atoms with Gasteiger partial charge in [0.2, 0.25) is 0 Å². The Kier molecular flexibility index (Phi) is 7.31. The summed E-state index contributed by atoms with van der Waals surface area (Å²) in [6.07, 6.45) is 0. The molecular formula is C26H26ClN5O3. The number of nitrogens with zero attached hydrogens (tertiary/aromatic N) is 5. The van der Waals surface area contributed by atoms with Crippen molar-refractivity contribution in [2.45, 2.75) is 34.0 Å². The van der Waals surface area contributed by atoms with E-state index in [-0.39, 0.29) is 12.3 Å². The van der Waals surface area contributed by atoms with Gasteiger partial charge in [-0.05, 0) is 89.8 Å². The summed E-state index contributed by atoms with van der Waals surface area (Å²) in [5.41, 5.74) is 5.85. The van der Waals surface area contributed by atoms with Gasteiger partial charge in [-0.1, -0.05) is 41.0 Å². The predicted molar refractivity (Wildman–Crippen MR) is 135 cm³/mol. The van der Waals surface area contributed by atoms with Crippen LogP contribution < -0.4 is 10.4 Å². The molecule has 0 aliphatic heterocycles. The largest absolute Gasteiger partial charge is 0.489 e. The van der Waals surface area contributed by atoms with Crippen LogP contribution in [0.4, 0.5) is 0 Å². The number of benzene rings is 3. The van der Waals surface area contributed by atoms with Gasteiger partial charge in [-0.3, -0.25) is 0 Å². The summed E-state index contributed by atoms with van der Waals surface area (Å²) < 4.78 is 8.62. The average molecular weight is 492 g/mol. The second-order valence-electron chi connectivity index (χ2n) is 8.22. The molecule has 0 saturated carbocycles. The zero-order valence-corrected chi connectivity index (χ0v) is 20.8. The number of aryl methyl sites for hydroxylation is 3. The van der Waals surface area contributed by atoms with Gasteiger partial charge in [0.05, 0.1) is 11.4 Å². The van der Waals surface area contributed by atoms with Crippen molar-refractivity contribution in [1.29, 1.82) is 0 Å². The molecular weight excluding hydrogens is 466 g/mol. The Hall–Kier alpha value is -3.91. The zero-order chi connectivity index (χ0) is 24.9. The highest BCUT2D eigenvalue weighted by Gasteiger charge is 2.14. The highest BCUT2D eigenvalue weighted by molar-refractivity contribution is 6.30. The number of rotatable bonds is 8. The van der Waals surface area contributed by atoms with Gasteiger partial charge in [0.1, 0.15) is 19.0 Å². The lowest BCUT2D eigenvalue weighted by molar-refractivity contribution is 0.130. The zero-order valence-electron chi connectivity index (χ0n) is 20.0. The number of halogens is 1. The van der Waals surface area contributed by atoms with Crippen molar-refractivity contribution in [3.05, 3.63) is 104 Å². The molecule has 0 saturated heterocycles. The van der Waals surface area contributed by atoms with Gasteiger partial charge < -0.3 is 9.57 Å². The first-order chi connectivity index (χ1) is 16.8. The highest BCUT2D eigenvalue weighted by atomic mass is 35.5. The molecule has 1 heterocycles. The number of tetrazole rings is 1. The quantitative estimate of drug-likeness (QED) is 0.262. The molecule has 0 amide bonds. The summed E-state index contributed by atoms with van der Waals surface area (Å²) in [5.74, 6) is 0.740. The summed E-state index contributed by atoms with van der Waals surface area (Å²) in [7, 11) is 1.57. The molecule has 180 valence electrons. The lowest BCUT2D eigenvalue weighted by Gasteiger charge is -2.15. The number of ether oxygens (including phenoxy) is 1. The molecule has 8 nitrogen and oxygen atoms in total. The number of aromatic nitrogens is 4. The number of hydrogen-bond acceptors (Lipinski definition) is 6. The summed E-state index contributed by atoms with van der Waals surface area (Å²) in [6.45, 7) is 6.50. The van der Waals surface area contributed by atoms with Crippen LogP contribution in [0.1, 0.15) is 34.7 Å². The first-order valence-electron chi connectivity index (χ1n) is 11.1. The van der Waals surface area contributed by atoms with Gasteiger partial charge in [0.25, 0.3) is 0 Å². The summed E-state index contributed by atoms with van der Waals surface area (Å²) in [6, 6.07) is 19.0. The molecule has 35 heavy (non-hydrogen) atoms. The van der Waals surface area contributed by atoms with E-state index < -0.39 is 0 Å². The van der Waals surface area contributed by atoms with E-state index in [9.17, 15) is 4.79 Å². The lowest BCUT2D eigenvalue weighted by Crippen LogP contribution is -2.23. The first-order valence-corrected chi connectivity index (χ1v) is 11.4. The van der Waals surface area contributed by atoms with E-state index in [2.05, 4.69) is 15.6 Å². The molecule has 1 aromatic heterocycles. The normalized spacial score (nSPS) is 11.5. The minimum Gasteiger partial charge on any atom is -0.489 e. The van der Waals surface area contributed by atoms with E-state index in [1.807, 2.05) is 81.4 Å². The Bertz CT molecular complexity index is 1420. The monoisotopic (exact) mass is 491 g/mol. The predicted octanol–water partition coefficient (Wildman–Crippen LogP) is 4.76. The maximum atomic E-state index is 12.4. The fraction of sp³-hybridized carbons (Fsp3) is 0.231. The van der Waals surface area contributed by atoms with Crippen LogP contribution >= 0.6 is 11.6 Å². The second-order valence-corrected chi connectivity index (χ2v) is 8.65. The molecule has 4 rings (SSSR count). The van der Waals surface area contributed by atoms with Gasteiger partial charge in [-0.25, -0.2) is 4.79 Å². The number of oxime groups is 1. The SMILES string of the molecule is CC(=NOCc1ccc(Cl)cc1)c1ccc(OCc2c(C)cccc2-n2nnn(C)c2=O)c(C)c1. The Labute approximate surface area is 208 Å².